The van der Waals surface area contributed by atoms with Crippen molar-refractivity contribution < 1.29 is 13.9 Å². The number of rotatable bonds is 5. The molecule has 2 nitrogen and oxygen atoms in total. The third-order valence-electron chi connectivity index (χ3n) is 3.12. The van der Waals surface area contributed by atoms with E-state index in [0.717, 1.165) is 16.7 Å². The summed E-state index contributed by atoms with van der Waals surface area (Å²) in [6, 6.07) is 8.29. The van der Waals surface area contributed by atoms with E-state index in [2.05, 4.69) is 15.9 Å². The molecule has 0 aliphatic carbocycles. The van der Waals surface area contributed by atoms with Crippen molar-refractivity contribution in [2.45, 2.75) is 18.9 Å². The summed E-state index contributed by atoms with van der Waals surface area (Å²) >= 11 is 9.62. The van der Waals surface area contributed by atoms with E-state index in [-0.39, 0.29) is 5.82 Å². The van der Waals surface area contributed by atoms with Gasteiger partial charge in [0.1, 0.15) is 12.4 Å². The number of ether oxygens (including phenoxy) is 2. The number of benzene rings is 2. The topological polar surface area (TPSA) is 18.5 Å². The van der Waals surface area contributed by atoms with Crippen molar-refractivity contribution in [1.29, 1.82) is 0 Å². The van der Waals surface area contributed by atoms with Crippen molar-refractivity contribution in [2.24, 2.45) is 0 Å². The van der Waals surface area contributed by atoms with Crippen LogP contribution >= 0.6 is 27.5 Å². The standard InChI is InChI=1S/C16H15BrClFO2/c1-10-5-13(19)4-3-12(10)9-21-16-14(18)6-11(8-17)7-15(16)20-2/h3-7H,8-9H2,1-2H3. The molecule has 21 heavy (non-hydrogen) atoms. The minimum absolute atomic E-state index is 0.256. The molecule has 2 rings (SSSR count). The summed E-state index contributed by atoms with van der Waals surface area (Å²) in [4.78, 5) is 0. The normalized spacial score (nSPS) is 10.5. The van der Waals surface area contributed by atoms with Gasteiger partial charge in [0.25, 0.3) is 0 Å². The van der Waals surface area contributed by atoms with E-state index in [9.17, 15) is 4.39 Å². The lowest BCUT2D eigenvalue weighted by molar-refractivity contribution is 0.284. The minimum atomic E-state index is -0.256. The van der Waals surface area contributed by atoms with E-state index < -0.39 is 0 Å². The van der Waals surface area contributed by atoms with E-state index in [4.69, 9.17) is 21.1 Å². The summed E-state index contributed by atoms with van der Waals surface area (Å²) in [7, 11) is 1.57. The van der Waals surface area contributed by atoms with Gasteiger partial charge in [-0.2, -0.15) is 0 Å². The average molecular weight is 374 g/mol. The van der Waals surface area contributed by atoms with Crippen LogP contribution in [0.1, 0.15) is 16.7 Å². The monoisotopic (exact) mass is 372 g/mol. The Morgan fingerprint density at radius 2 is 2.00 bits per heavy atom. The lowest BCUT2D eigenvalue weighted by Gasteiger charge is -2.14. The molecule has 0 fully saturated rings. The van der Waals surface area contributed by atoms with Crippen molar-refractivity contribution in [1.82, 2.24) is 0 Å². The van der Waals surface area contributed by atoms with Crippen LogP contribution in [-0.2, 0) is 11.9 Å². The maximum absolute atomic E-state index is 13.1. The summed E-state index contributed by atoms with van der Waals surface area (Å²) in [6.45, 7) is 2.14. The maximum Gasteiger partial charge on any atom is 0.180 e. The first-order chi connectivity index (χ1) is 10.0. The number of methoxy groups -OCH3 is 1. The van der Waals surface area contributed by atoms with Gasteiger partial charge in [0.05, 0.1) is 12.1 Å². The fourth-order valence-corrected chi connectivity index (χ4v) is 2.57. The molecule has 0 aliphatic heterocycles. The summed E-state index contributed by atoms with van der Waals surface area (Å²) in [5.41, 5.74) is 2.74. The van der Waals surface area contributed by atoms with E-state index in [1.807, 2.05) is 19.1 Å². The lowest BCUT2D eigenvalue weighted by atomic mass is 10.1. The second-order valence-electron chi connectivity index (χ2n) is 4.60. The van der Waals surface area contributed by atoms with Crippen LogP contribution in [0.15, 0.2) is 30.3 Å². The molecule has 5 heteroatoms. The number of alkyl halides is 1. The van der Waals surface area contributed by atoms with Gasteiger partial charge in [0.2, 0.25) is 0 Å². The van der Waals surface area contributed by atoms with Crippen LogP contribution in [0.25, 0.3) is 0 Å². The van der Waals surface area contributed by atoms with Crippen molar-refractivity contribution in [3.8, 4) is 11.5 Å². The Morgan fingerprint density at radius 3 is 2.62 bits per heavy atom. The number of hydrogen-bond donors (Lipinski definition) is 0. The zero-order valence-electron chi connectivity index (χ0n) is 11.8. The highest BCUT2D eigenvalue weighted by Crippen LogP contribution is 2.37. The van der Waals surface area contributed by atoms with Gasteiger partial charge in [-0.3, -0.25) is 0 Å². The largest absolute Gasteiger partial charge is 0.493 e. The predicted molar refractivity (Wildman–Crippen MR) is 86.1 cm³/mol. The molecule has 0 aromatic heterocycles. The van der Waals surface area contributed by atoms with E-state index in [1.54, 1.807) is 13.2 Å². The van der Waals surface area contributed by atoms with Crippen molar-refractivity contribution >= 4 is 27.5 Å². The minimum Gasteiger partial charge on any atom is -0.493 e. The van der Waals surface area contributed by atoms with Gasteiger partial charge in [-0.15, -0.1) is 0 Å². The molecule has 2 aromatic rings. The molecule has 0 spiro atoms. The first-order valence-electron chi connectivity index (χ1n) is 6.35. The molecular formula is C16H15BrClFO2. The molecular weight excluding hydrogens is 359 g/mol. The predicted octanol–water partition coefficient (Wildman–Crippen LogP) is 5.27. The number of hydrogen-bond acceptors (Lipinski definition) is 2. The summed E-state index contributed by atoms with van der Waals surface area (Å²) in [6.07, 6.45) is 0. The molecule has 0 saturated carbocycles. The summed E-state index contributed by atoms with van der Waals surface area (Å²) in [5, 5.41) is 1.17. The van der Waals surface area contributed by atoms with Crippen LogP contribution in [-0.4, -0.2) is 7.11 Å². The molecule has 0 radical (unpaired) electrons. The van der Waals surface area contributed by atoms with Crippen LogP contribution in [0.5, 0.6) is 11.5 Å². The van der Waals surface area contributed by atoms with Gasteiger partial charge in [-0.25, -0.2) is 4.39 Å². The average Bonchev–Trinajstić information content (AvgIpc) is 2.46. The highest BCUT2D eigenvalue weighted by molar-refractivity contribution is 9.08. The molecule has 0 heterocycles. The molecule has 2 aromatic carbocycles. The molecule has 0 unspecified atom stereocenters. The highest BCUT2D eigenvalue weighted by atomic mass is 79.9. The SMILES string of the molecule is COc1cc(CBr)cc(Cl)c1OCc1ccc(F)cc1C. The Morgan fingerprint density at radius 1 is 1.24 bits per heavy atom. The lowest BCUT2D eigenvalue weighted by Crippen LogP contribution is -2.01. The Bertz CT molecular complexity index is 646. The van der Waals surface area contributed by atoms with Crippen LogP contribution in [0.2, 0.25) is 5.02 Å². The van der Waals surface area contributed by atoms with Crippen molar-refractivity contribution in [2.75, 3.05) is 7.11 Å². The van der Waals surface area contributed by atoms with Gasteiger partial charge >= 0.3 is 0 Å². The number of halogens is 3. The summed E-state index contributed by atoms with van der Waals surface area (Å²) < 4.78 is 24.2. The third kappa shape index (κ3) is 3.89. The maximum atomic E-state index is 13.1. The molecule has 0 amide bonds. The molecule has 0 bridgehead atoms. The molecule has 0 aliphatic rings. The zero-order valence-corrected chi connectivity index (χ0v) is 14.1. The van der Waals surface area contributed by atoms with Crippen molar-refractivity contribution in [3.05, 3.63) is 57.9 Å². The van der Waals surface area contributed by atoms with E-state index in [0.29, 0.717) is 28.5 Å². The van der Waals surface area contributed by atoms with Gasteiger partial charge in [0, 0.05) is 5.33 Å². The first-order valence-corrected chi connectivity index (χ1v) is 7.85. The van der Waals surface area contributed by atoms with Gasteiger partial charge < -0.3 is 9.47 Å². The van der Waals surface area contributed by atoms with E-state index in [1.165, 1.54) is 12.1 Å². The molecule has 112 valence electrons. The number of aryl methyl sites for hydroxylation is 1. The molecule has 0 saturated heterocycles. The van der Waals surface area contributed by atoms with Crippen molar-refractivity contribution in [3.63, 3.8) is 0 Å². The smallest absolute Gasteiger partial charge is 0.180 e. The Hall–Kier alpha value is -1.26. The van der Waals surface area contributed by atoms with Crippen LogP contribution < -0.4 is 9.47 Å². The van der Waals surface area contributed by atoms with Crippen LogP contribution in [0.4, 0.5) is 4.39 Å². The summed E-state index contributed by atoms with van der Waals surface area (Å²) in [5.74, 6) is 0.817. The van der Waals surface area contributed by atoms with Crippen LogP contribution in [0, 0.1) is 12.7 Å². The molecule has 0 N–H and O–H groups in total. The Kier molecular flexibility index (Phi) is 5.48. The first kappa shape index (κ1) is 16.1. The van der Waals surface area contributed by atoms with Crippen LogP contribution in [0.3, 0.4) is 0 Å². The molecule has 0 atom stereocenters. The zero-order chi connectivity index (χ0) is 15.4. The van der Waals surface area contributed by atoms with E-state index >= 15 is 0 Å². The van der Waals surface area contributed by atoms with Gasteiger partial charge in [-0.1, -0.05) is 33.6 Å². The fraction of sp³-hybridized carbons (Fsp3) is 0.250. The second-order valence-corrected chi connectivity index (χ2v) is 5.57. The Balaban J connectivity index is 2.23. The quantitative estimate of drug-likeness (QED) is 0.665. The van der Waals surface area contributed by atoms with Gasteiger partial charge in [-0.05, 0) is 47.9 Å². The second kappa shape index (κ2) is 7.14. The van der Waals surface area contributed by atoms with Gasteiger partial charge in [0.15, 0.2) is 11.5 Å². The third-order valence-corrected chi connectivity index (χ3v) is 4.05. The Labute approximate surface area is 137 Å². The fourth-order valence-electron chi connectivity index (χ4n) is 1.96. The highest BCUT2D eigenvalue weighted by Gasteiger charge is 2.12.